The largest absolute Gasteiger partial charge is 0.0925 e. The Balaban J connectivity index is 2.03. The average Bonchev–Trinajstić information content (AvgIpc) is 2.19. The van der Waals surface area contributed by atoms with E-state index in [2.05, 4.69) is 22.9 Å². The number of hydrogen-bond acceptors (Lipinski definition) is 0. The Bertz CT molecular complexity index is 112. The number of halogens is 1. The third-order valence-electron chi connectivity index (χ3n) is 3.40. The molecule has 0 nitrogen and oxygen atoms in total. The molecular weight excluding hydrogens is 224 g/mol. The van der Waals surface area contributed by atoms with Crippen molar-refractivity contribution in [2.75, 3.05) is 5.33 Å². The first-order chi connectivity index (χ1) is 6.36. The summed E-state index contributed by atoms with van der Waals surface area (Å²) in [5.74, 6) is 2.06. The van der Waals surface area contributed by atoms with Crippen LogP contribution < -0.4 is 0 Å². The number of hydrogen-bond donors (Lipinski definition) is 0. The van der Waals surface area contributed by atoms with Crippen LogP contribution >= 0.6 is 15.9 Å². The maximum Gasteiger partial charge on any atom is 0.00596 e. The van der Waals surface area contributed by atoms with Gasteiger partial charge < -0.3 is 0 Å². The molecule has 1 heteroatoms. The lowest BCUT2D eigenvalue weighted by Crippen LogP contribution is -2.15. The zero-order valence-electron chi connectivity index (χ0n) is 8.90. The lowest BCUT2D eigenvalue weighted by Gasteiger charge is -2.27. The summed E-state index contributed by atoms with van der Waals surface area (Å²) in [5, 5.41) is 1.23. The first-order valence-electron chi connectivity index (χ1n) is 5.92. The normalized spacial score (nSPS) is 29.1. The second-order valence-corrected chi connectivity index (χ2v) is 5.18. The van der Waals surface area contributed by atoms with Crippen LogP contribution in [0.1, 0.15) is 58.3 Å². The van der Waals surface area contributed by atoms with E-state index >= 15 is 0 Å². The molecule has 0 heterocycles. The standard InChI is InChI=1S/C12H23Br/c1-2-3-4-5-11-6-8-12(10-13)9-7-11/h11-12H,2-10H2,1H3. The van der Waals surface area contributed by atoms with Crippen LogP contribution in [0.15, 0.2) is 0 Å². The summed E-state index contributed by atoms with van der Waals surface area (Å²) < 4.78 is 0. The van der Waals surface area contributed by atoms with Gasteiger partial charge in [-0.3, -0.25) is 0 Å². The Morgan fingerprint density at radius 1 is 1.00 bits per heavy atom. The van der Waals surface area contributed by atoms with E-state index < -0.39 is 0 Å². The van der Waals surface area contributed by atoms with Crippen LogP contribution in [0.25, 0.3) is 0 Å². The molecule has 0 aromatic carbocycles. The average molecular weight is 247 g/mol. The van der Waals surface area contributed by atoms with Crippen LogP contribution in [-0.2, 0) is 0 Å². The quantitative estimate of drug-likeness (QED) is 0.485. The second-order valence-electron chi connectivity index (χ2n) is 4.54. The summed E-state index contributed by atoms with van der Waals surface area (Å²) in [6.45, 7) is 2.29. The molecule has 13 heavy (non-hydrogen) atoms. The molecular formula is C12H23Br. The van der Waals surface area contributed by atoms with Gasteiger partial charge in [0.15, 0.2) is 0 Å². The van der Waals surface area contributed by atoms with Gasteiger partial charge in [-0.15, -0.1) is 0 Å². The molecule has 1 rings (SSSR count). The summed E-state index contributed by atoms with van der Waals surface area (Å²) in [5.41, 5.74) is 0. The molecule has 1 aliphatic carbocycles. The maximum atomic E-state index is 3.59. The van der Waals surface area contributed by atoms with Crippen molar-refractivity contribution in [3.63, 3.8) is 0 Å². The van der Waals surface area contributed by atoms with E-state index in [1.807, 2.05) is 0 Å². The first kappa shape index (κ1) is 11.6. The predicted octanol–water partition coefficient (Wildman–Crippen LogP) is 4.77. The number of unbranched alkanes of at least 4 members (excludes halogenated alkanes) is 2. The fourth-order valence-electron chi connectivity index (χ4n) is 2.36. The van der Waals surface area contributed by atoms with E-state index in [1.165, 1.54) is 56.7 Å². The molecule has 0 N–H and O–H groups in total. The molecule has 1 saturated carbocycles. The molecule has 0 aromatic rings. The fraction of sp³-hybridized carbons (Fsp3) is 1.00. The van der Waals surface area contributed by atoms with E-state index in [9.17, 15) is 0 Å². The molecule has 1 fully saturated rings. The fourth-order valence-corrected chi connectivity index (χ4v) is 3.00. The highest BCUT2D eigenvalue weighted by molar-refractivity contribution is 9.09. The molecule has 0 amide bonds. The van der Waals surface area contributed by atoms with Crippen LogP contribution in [0, 0.1) is 11.8 Å². The van der Waals surface area contributed by atoms with E-state index in [4.69, 9.17) is 0 Å². The van der Waals surface area contributed by atoms with Gasteiger partial charge in [0.25, 0.3) is 0 Å². The minimum atomic E-state index is 0.988. The molecule has 0 bridgehead atoms. The molecule has 0 aliphatic heterocycles. The highest BCUT2D eigenvalue weighted by Crippen LogP contribution is 2.32. The minimum Gasteiger partial charge on any atom is -0.0925 e. The monoisotopic (exact) mass is 246 g/mol. The lowest BCUT2D eigenvalue weighted by molar-refractivity contribution is 0.276. The predicted molar refractivity (Wildman–Crippen MR) is 63.4 cm³/mol. The molecule has 1 aliphatic rings. The van der Waals surface area contributed by atoms with Gasteiger partial charge in [-0.2, -0.15) is 0 Å². The Labute approximate surface area is 91.6 Å². The summed E-state index contributed by atoms with van der Waals surface area (Å²) >= 11 is 3.59. The van der Waals surface area contributed by atoms with E-state index in [0.29, 0.717) is 0 Å². The summed E-state index contributed by atoms with van der Waals surface area (Å²) in [6.07, 6.45) is 11.7. The smallest absolute Gasteiger partial charge is 0.00596 e. The first-order valence-corrected chi connectivity index (χ1v) is 7.05. The Kier molecular flexibility index (Phi) is 6.10. The third kappa shape index (κ3) is 4.49. The van der Waals surface area contributed by atoms with Crippen LogP contribution in [0.2, 0.25) is 0 Å². The molecule has 0 unspecified atom stereocenters. The van der Waals surface area contributed by atoms with Gasteiger partial charge in [-0.1, -0.05) is 61.4 Å². The molecule has 0 spiro atoms. The van der Waals surface area contributed by atoms with Crippen molar-refractivity contribution in [3.8, 4) is 0 Å². The van der Waals surface area contributed by atoms with Crippen molar-refractivity contribution in [2.24, 2.45) is 11.8 Å². The van der Waals surface area contributed by atoms with Gasteiger partial charge in [0.2, 0.25) is 0 Å². The van der Waals surface area contributed by atoms with Gasteiger partial charge in [0.1, 0.15) is 0 Å². The van der Waals surface area contributed by atoms with Crippen molar-refractivity contribution in [3.05, 3.63) is 0 Å². The number of alkyl halides is 1. The third-order valence-corrected chi connectivity index (χ3v) is 4.32. The van der Waals surface area contributed by atoms with Crippen molar-refractivity contribution in [1.29, 1.82) is 0 Å². The van der Waals surface area contributed by atoms with Crippen LogP contribution in [0.3, 0.4) is 0 Å². The highest BCUT2D eigenvalue weighted by atomic mass is 79.9. The van der Waals surface area contributed by atoms with Gasteiger partial charge in [0, 0.05) is 5.33 Å². The molecule has 78 valence electrons. The highest BCUT2D eigenvalue weighted by Gasteiger charge is 2.19. The van der Waals surface area contributed by atoms with Gasteiger partial charge in [0.05, 0.1) is 0 Å². The van der Waals surface area contributed by atoms with Crippen LogP contribution in [-0.4, -0.2) is 5.33 Å². The lowest BCUT2D eigenvalue weighted by atomic mass is 9.80. The summed E-state index contributed by atoms with van der Waals surface area (Å²) in [4.78, 5) is 0. The minimum absolute atomic E-state index is 0.988. The molecule has 0 saturated heterocycles. The van der Waals surface area contributed by atoms with Gasteiger partial charge >= 0.3 is 0 Å². The van der Waals surface area contributed by atoms with Gasteiger partial charge in [-0.05, 0) is 24.7 Å². The van der Waals surface area contributed by atoms with Crippen LogP contribution in [0.4, 0.5) is 0 Å². The zero-order valence-corrected chi connectivity index (χ0v) is 10.5. The van der Waals surface area contributed by atoms with E-state index in [1.54, 1.807) is 0 Å². The van der Waals surface area contributed by atoms with E-state index in [-0.39, 0.29) is 0 Å². The SMILES string of the molecule is CCCCCC1CCC(CBr)CC1. The second kappa shape index (κ2) is 6.86. The van der Waals surface area contributed by atoms with E-state index in [0.717, 1.165) is 11.8 Å². The van der Waals surface area contributed by atoms with Crippen molar-refractivity contribution in [2.45, 2.75) is 58.3 Å². The Morgan fingerprint density at radius 2 is 1.62 bits per heavy atom. The molecule has 0 radical (unpaired) electrons. The summed E-state index contributed by atoms with van der Waals surface area (Å²) in [6, 6.07) is 0. The number of rotatable bonds is 5. The maximum absolute atomic E-state index is 3.59. The van der Waals surface area contributed by atoms with Crippen molar-refractivity contribution >= 4 is 15.9 Å². The van der Waals surface area contributed by atoms with Crippen LogP contribution in [0.5, 0.6) is 0 Å². The van der Waals surface area contributed by atoms with Crippen molar-refractivity contribution in [1.82, 2.24) is 0 Å². The topological polar surface area (TPSA) is 0 Å². The molecule has 0 aromatic heterocycles. The van der Waals surface area contributed by atoms with Crippen molar-refractivity contribution < 1.29 is 0 Å². The Morgan fingerprint density at radius 3 is 2.15 bits per heavy atom. The van der Waals surface area contributed by atoms with Gasteiger partial charge in [-0.25, -0.2) is 0 Å². The molecule has 0 atom stereocenters. The Hall–Kier alpha value is 0.480. The zero-order chi connectivity index (χ0) is 9.52. The summed E-state index contributed by atoms with van der Waals surface area (Å²) in [7, 11) is 0.